The second-order valence-electron chi connectivity index (χ2n) is 2.23. The van der Waals surface area contributed by atoms with E-state index < -0.39 is 17.8 Å². The highest BCUT2D eigenvalue weighted by Crippen LogP contribution is 2.26. The van der Waals surface area contributed by atoms with Crippen LogP contribution in [-0.2, 0) is 5.88 Å². The fourth-order valence-corrected chi connectivity index (χ4v) is 1.45. The molecule has 0 spiro atoms. The van der Waals surface area contributed by atoms with Gasteiger partial charge in [0.2, 0.25) is 0 Å². The molecular weight excluding hydrogens is 270 g/mol. The third-order valence-corrected chi connectivity index (χ3v) is 2.04. The average molecular weight is 274 g/mol. The smallest absolute Gasteiger partial charge is 0.242 e. The van der Waals surface area contributed by atoms with Crippen molar-refractivity contribution in [2.75, 3.05) is 0 Å². The maximum atomic E-state index is 13.1. The lowest BCUT2D eigenvalue weighted by Gasteiger charge is -2.05. The lowest BCUT2D eigenvalue weighted by Crippen LogP contribution is -1.99. The summed E-state index contributed by atoms with van der Waals surface area (Å²) in [6.07, 6.45) is -2.86. The Labute approximate surface area is 86.0 Å². The minimum absolute atomic E-state index is 0.153. The molecule has 0 N–H and O–H groups in total. The fraction of sp³-hybridized carbons (Fsp3) is 0.286. The molecule has 0 aromatic carbocycles. The van der Waals surface area contributed by atoms with E-state index in [2.05, 4.69) is 20.9 Å². The highest BCUT2D eigenvalue weighted by molar-refractivity contribution is 9.10. The van der Waals surface area contributed by atoms with Crippen LogP contribution in [0.2, 0.25) is 0 Å². The normalized spacial score (nSPS) is 10.9. The monoisotopic (exact) mass is 273 g/mol. The molecule has 1 nitrogen and oxygen atoms in total. The van der Waals surface area contributed by atoms with Gasteiger partial charge in [0, 0.05) is 0 Å². The van der Waals surface area contributed by atoms with Gasteiger partial charge in [-0.2, -0.15) is 0 Å². The zero-order chi connectivity index (χ0) is 10.0. The van der Waals surface area contributed by atoms with Gasteiger partial charge >= 0.3 is 0 Å². The van der Waals surface area contributed by atoms with Gasteiger partial charge in [0.05, 0.1) is 17.1 Å². The van der Waals surface area contributed by atoms with Crippen LogP contribution in [0.1, 0.15) is 17.7 Å². The summed E-state index contributed by atoms with van der Waals surface area (Å²) in [6.45, 7) is 0. The molecule has 1 aromatic rings. The van der Waals surface area contributed by atoms with E-state index in [1.807, 2.05) is 0 Å². The number of pyridine rings is 1. The van der Waals surface area contributed by atoms with Crippen LogP contribution < -0.4 is 0 Å². The van der Waals surface area contributed by atoms with Crippen LogP contribution >= 0.6 is 27.5 Å². The molecule has 0 saturated carbocycles. The molecule has 0 aliphatic rings. The van der Waals surface area contributed by atoms with Gasteiger partial charge in [0.1, 0.15) is 4.60 Å². The number of nitrogens with zero attached hydrogens (tertiary/aromatic N) is 1. The van der Waals surface area contributed by atoms with E-state index in [4.69, 9.17) is 11.6 Å². The summed E-state index contributed by atoms with van der Waals surface area (Å²) in [6, 6.07) is 0.941. The Hall–Kier alpha value is -0.290. The molecule has 72 valence electrons. The molecule has 1 heterocycles. The molecule has 0 unspecified atom stereocenters. The number of alkyl halides is 3. The molecule has 0 atom stereocenters. The maximum Gasteiger partial charge on any atom is 0.266 e. The maximum absolute atomic E-state index is 13.1. The Morgan fingerprint density at radius 3 is 2.62 bits per heavy atom. The summed E-state index contributed by atoms with van der Waals surface area (Å²) in [5.74, 6) is -1.27. The Bertz CT molecular complexity index is 319. The zero-order valence-corrected chi connectivity index (χ0v) is 8.54. The largest absolute Gasteiger partial charge is 0.266 e. The van der Waals surface area contributed by atoms with Crippen LogP contribution in [0.15, 0.2) is 10.7 Å². The van der Waals surface area contributed by atoms with Crippen molar-refractivity contribution in [3.8, 4) is 0 Å². The van der Waals surface area contributed by atoms with E-state index >= 15 is 0 Å². The molecule has 0 bridgehead atoms. The Morgan fingerprint density at radius 1 is 1.54 bits per heavy atom. The Morgan fingerprint density at radius 2 is 2.15 bits per heavy atom. The highest BCUT2D eigenvalue weighted by atomic mass is 79.9. The van der Waals surface area contributed by atoms with E-state index in [0.717, 1.165) is 6.07 Å². The molecule has 13 heavy (non-hydrogen) atoms. The van der Waals surface area contributed by atoms with Crippen molar-refractivity contribution in [2.24, 2.45) is 0 Å². The molecule has 1 rings (SSSR count). The Balaban J connectivity index is 3.27. The second kappa shape index (κ2) is 4.28. The van der Waals surface area contributed by atoms with Crippen molar-refractivity contribution in [1.29, 1.82) is 0 Å². The van der Waals surface area contributed by atoms with Crippen molar-refractivity contribution in [1.82, 2.24) is 4.98 Å². The molecule has 0 aliphatic heterocycles. The van der Waals surface area contributed by atoms with Crippen molar-refractivity contribution in [3.05, 3.63) is 27.7 Å². The van der Waals surface area contributed by atoms with Crippen LogP contribution in [0.3, 0.4) is 0 Å². The summed E-state index contributed by atoms with van der Waals surface area (Å²) in [4.78, 5) is 3.61. The quantitative estimate of drug-likeness (QED) is 0.592. The van der Waals surface area contributed by atoms with Gasteiger partial charge in [-0.1, -0.05) is 0 Å². The highest BCUT2D eigenvalue weighted by Gasteiger charge is 2.18. The number of hydrogen-bond donors (Lipinski definition) is 0. The van der Waals surface area contributed by atoms with E-state index in [9.17, 15) is 13.2 Å². The zero-order valence-electron chi connectivity index (χ0n) is 6.20. The first-order chi connectivity index (χ1) is 6.06. The minimum atomic E-state index is -2.86. The van der Waals surface area contributed by atoms with Crippen molar-refractivity contribution in [3.63, 3.8) is 0 Å². The Kier molecular flexibility index (Phi) is 3.55. The predicted molar refractivity (Wildman–Crippen MR) is 46.4 cm³/mol. The van der Waals surface area contributed by atoms with E-state index in [-0.39, 0.29) is 16.2 Å². The average Bonchev–Trinajstić information content (AvgIpc) is 2.08. The van der Waals surface area contributed by atoms with Gasteiger partial charge in [-0.3, -0.25) is 0 Å². The van der Waals surface area contributed by atoms with Crippen LogP contribution in [0, 0.1) is 5.82 Å². The molecule has 1 aromatic heterocycles. The summed E-state index contributed by atoms with van der Waals surface area (Å²) in [7, 11) is 0. The first-order valence-electron chi connectivity index (χ1n) is 3.25. The number of aromatic nitrogens is 1. The first-order valence-corrected chi connectivity index (χ1v) is 4.58. The van der Waals surface area contributed by atoms with Gasteiger partial charge in [0.15, 0.2) is 5.82 Å². The van der Waals surface area contributed by atoms with Gasteiger partial charge < -0.3 is 0 Å². The van der Waals surface area contributed by atoms with Crippen LogP contribution in [0.25, 0.3) is 0 Å². The second-order valence-corrected chi connectivity index (χ2v) is 3.31. The molecule has 0 amide bonds. The standard InChI is InChI=1S/C7H4BrClF3N/c8-5-1-3(7(11)12)6(10)4(2-9)13-5/h1,7H,2H2. The number of halogens is 5. The molecule has 0 saturated heterocycles. The van der Waals surface area contributed by atoms with Crippen molar-refractivity contribution in [2.45, 2.75) is 12.3 Å². The first kappa shape index (κ1) is 10.8. The molecule has 0 radical (unpaired) electrons. The van der Waals surface area contributed by atoms with Gasteiger partial charge in [-0.05, 0) is 22.0 Å². The van der Waals surface area contributed by atoms with Crippen molar-refractivity contribution >= 4 is 27.5 Å². The SMILES string of the molecule is Fc1c(C(F)F)cc(Br)nc1CCl. The number of rotatable bonds is 2. The van der Waals surface area contributed by atoms with Crippen LogP contribution in [0.5, 0.6) is 0 Å². The summed E-state index contributed by atoms with van der Waals surface area (Å²) in [5, 5.41) is 0. The van der Waals surface area contributed by atoms with Gasteiger partial charge in [-0.25, -0.2) is 18.2 Å². The topological polar surface area (TPSA) is 12.9 Å². The van der Waals surface area contributed by atoms with Crippen LogP contribution in [0.4, 0.5) is 13.2 Å². The van der Waals surface area contributed by atoms with Gasteiger partial charge in [0.25, 0.3) is 6.43 Å². The van der Waals surface area contributed by atoms with E-state index in [1.165, 1.54) is 0 Å². The summed E-state index contributed by atoms with van der Waals surface area (Å²) in [5.41, 5.74) is -0.858. The molecule has 0 aliphatic carbocycles. The van der Waals surface area contributed by atoms with E-state index in [1.54, 1.807) is 0 Å². The lowest BCUT2D eigenvalue weighted by molar-refractivity contribution is 0.145. The molecule has 6 heteroatoms. The molecular formula is C7H4BrClF3N. The summed E-state index contributed by atoms with van der Waals surface area (Å²) >= 11 is 8.20. The lowest BCUT2D eigenvalue weighted by atomic mass is 10.2. The van der Waals surface area contributed by atoms with Crippen LogP contribution in [-0.4, -0.2) is 4.98 Å². The van der Waals surface area contributed by atoms with Gasteiger partial charge in [-0.15, -0.1) is 11.6 Å². The molecule has 0 fully saturated rings. The minimum Gasteiger partial charge on any atom is -0.242 e. The summed E-state index contributed by atoms with van der Waals surface area (Å²) < 4.78 is 37.6. The third kappa shape index (κ3) is 2.34. The third-order valence-electron chi connectivity index (χ3n) is 1.38. The number of hydrogen-bond acceptors (Lipinski definition) is 1. The predicted octanol–water partition coefficient (Wildman–Crippen LogP) is 3.66. The fourth-order valence-electron chi connectivity index (χ4n) is 0.816. The van der Waals surface area contributed by atoms with E-state index in [0.29, 0.717) is 0 Å². The van der Waals surface area contributed by atoms with Crippen molar-refractivity contribution < 1.29 is 13.2 Å².